The third kappa shape index (κ3) is 1.01. The van der Waals surface area contributed by atoms with Crippen LogP contribution in [0.15, 0.2) is 65.1 Å². The Balaban J connectivity index is 2.13. The maximum Gasteiger partial charge on any atom is 0.0990 e. The monoisotopic (exact) mass is 182 g/mol. The lowest BCUT2D eigenvalue weighted by Crippen LogP contribution is -2.22. The first kappa shape index (κ1) is 7.56. The van der Waals surface area contributed by atoms with Crippen LogP contribution in [-0.4, -0.2) is 11.2 Å². The van der Waals surface area contributed by atoms with Crippen LogP contribution in [0.4, 0.5) is 0 Å². The van der Waals surface area contributed by atoms with E-state index in [1.165, 1.54) is 11.3 Å². The predicted molar refractivity (Wildman–Crippen MR) is 57.4 cm³/mol. The Morgan fingerprint density at radius 1 is 1.14 bits per heavy atom. The number of nitrogens with zero attached hydrogens (tertiary/aromatic N) is 2. The van der Waals surface area contributed by atoms with Gasteiger partial charge in [0.2, 0.25) is 0 Å². The lowest BCUT2D eigenvalue weighted by Gasteiger charge is -2.28. The van der Waals surface area contributed by atoms with E-state index in [0.717, 1.165) is 0 Å². The highest BCUT2D eigenvalue weighted by molar-refractivity contribution is 5.67. The second kappa shape index (κ2) is 2.84. The average molecular weight is 182 g/mol. The molecule has 0 bridgehead atoms. The Labute approximate surface area is 82.9 Å². The van der Waals surface area contributed by atoms with Crippen LogP contribution in [0.25, 0.3) is 0 Å². The molecule has 3 aliphatic rings. The Morgan fingerprint density at radius 2 is 2.14 bits per heavy atom. The maximum absolute atomic E-state index is 4.09. The van der Waals surface area contributed by atoms with E-state index in [2.05, 4.69) is 52.5 Å². The van der Waals surface area contributed by atoms with Crippen LogP contribution in [0.1, 0.15) is 0 Å². The standard InChI is InChI=1S/C12H10N2/c1-2-4-11-10(3-1)6-8-14-9-13-7-5-12(11)14/h1-10H. The van der Waals surface area contributed by atoms with Gasteiger partial charge < -0.3 is 4.90 Å². The van der Waals surface area contributed by atoms with Crippen molar-refractivity contribution in [3.8, 4) is 0 Å². The van der Waals surface area contributed by atoms with Crippen LogP contribution >= 0.6 is 0 Å². The van der Waals surface area contributed by atoms with Gasteiger partial charge in [0.25, 0.3) is 0 Å². The molecule has 0 N–H and O–H groups in total. The zero-order valence-corrected chi connectivity index (χ0v) is 7.67. The zero-order valence-electron chi connectivity index (χ0n) is 7.67. The quantitative estimate of drug-likeness (QED) is 0.561. The van der Waals surface area contributed by atoms with Crippen LogP contribution in [-0.2, 0) is 0 Å². The molecule has 0 aromatic rings. The molecule has 2 aliphatic heterocycles. The van der Waals surface area contributed by atoms with Gasteiger partial charge in [0.1, 0.15) is 0 Å². The van der Waals surface area contributed by atoms with Crippen molar-refractivity contribution in [2.24, 2.45) is 10.9 Å². The first-order valence-corrected chi connectivity index (χ1v) is 4.71. The first-order chi connectivity index (χ1) is 6.95. The third-order valence-corrected chi connectivity index (χ3v) is 2.60. The summed E-state index contributed by atoms with van der Waals surface area (Å²) in [5.74, 6) is 0.433. The molecule has 1 unspecified atom stereocenters. The van der Waals surface area contributed by atoms with Crippen LogP contribution in [0.5, 0.6) is 0 Å². The average Bonchev–Trinajstić information content (AvgIpc) is 2.29. The van der Waals surface area contributed by atoms with Gasteiger partial charge in [-0.3, -0.25) is 0 Å². The van der Waals surface area contributed by atoms with Crippen molar-refractivity contribution in [2.75, 3.05) is 0 Å². The molecule has 2 heteroatoms. The van der Waals surface area contributed by atoms with E-state index >= 15 is 0 Å². The Kier molecular flexibility index (Phi) is 1.53. The smallest absolute Gasteiger partial charge is 0.0990 e. The molecule has 0 aromatic heterocycles. The summed E-state index contributed by atoms with van der Waals surface area (Å²) in [6.45, 7) is 0. The number of hydrogen-bond donors (Lipinski definition) is 0. The molecule has 2 heterocycles. The van der Waals surface area contributed by atoms with E-state index in [9.17, 15) is 0 Å². The van der Waals surface area contributed by atoms with Crippen LogP contribution in [0.2, 0.25) is 0 Å². The summed E-state index contributed by atoms with van der Waals surface area (Å²) in [4.78, 5) is 6.14. The summed E-state index contributed by atoms with van der Waals surface area (Å²) in [5, 5.41) is 0. The molecule has 1 atom stereocenters. The second-order valence-corrected chi connectivity index (χ2v) is 3.44. The lowest BCUT2D eigenvalue weighted by atomic mass is 9.90. The minimum absolute atomic E-state index is 0.433. The Bertz CT molecular complexity index is 393. The number of aliphatic imine (C=N–C) groups is 1. The van der Waals surface area contributed by atoms with Crippen molar-refractivity contribution >= 4 is 6.34 Å². The molecule has 0 amide bonds. The largest absolute Gasteiger partial charge is 0.308 e. The van der Waals surface area contributed by atoms with Gasteiger partial charge in [-0.25, -0.2) is 4.99 Å². The van der Waals surface area contributed by atoms with E-state index in [4.69, 9.17) is 0 Å². The predicted octanol–water partition coefficient (Wildman–Crippen LogP) is 2.37. The van der Waals surface area contributed by atoms with E-state index in [-0.39, 0.29) is 0 Å². The van der Waals surface area contributed by atoms with Gasteiger partial charge in [0.05, 0.1) is 12.0 Å². The highest BCUT2D eigenvalue weighted by Crippen LogP contribution is 2.30. The lowest BCUT2D eigenvalue weighted by molar-refractivity contribution is 0.671. The highest BCUT2D eigenvalue weighted by atomic mass is 15.2. The highest BCUT2D eigenvalue weighted by Gasteiger charge is 2.20. The topological polar surface area (TPSA) is 15.6 Å². The molecular formula is C12H10N2. The van der Waals surface area contributed by atoms with Crippen molar-refractivity contribution in [1.29, 1.82) is 0 Å². The van der Waals surface area contributed by atoms with E-state index in [1.807, 2.05) is 12.5 Å². The summed E-state index contributed by atoms with van der Waals surface area (Å²) in [5.41, 5.74) is 2.57. The van der Waals surface area contributed by atoms with Crippen LogP contribution in [0.3, 0.4) is 0 Å². The number of hydrogen-bond acceptors (Lipinski definition) is 2. The van der Waals surface area contributed by atoms with Gasteiger partial charge in [0, 0.05) is 18.3 Å². The number of allylic oxidation sites excluding steroid dienone is 7. The minimum atomic E-state index is 0.433. The van der Waals surface area contributed by atoms with E-state index in [0.29, 0.717) is 5.92 Å². The molecule has 0 saturated carbocycles. The van der Waals surface area contributed by atoms with E-state index in [1.54, 1.807) is 0 Å². The van der Waals surface area contributed by atoms with Gasteiger partial charge in [-0.05, 0) is 11.6 Å². The molecule has 0 fully saturated rings. The summed E-state index contributed by atoms with van der Waals surface area (Å²) in [6.07, 6.45) is 18.5. The second-order valence-electron chi connectivity index (χ2n) is 3.44. The zero-order chi connectivity index (χ0) is 9.38. The summed E-state index contributed by atoms with van der Waals surface area (Å²) < 4.78 is 0. The van der Waals surface area contributed by atoms with E-state index < -0.39 is 0 Å². The van der Waals surface area contributed by atoms with Gasteiger partial charge >= 0.3 is 0 Å². The van der Waals surface area contributed by atoms with Gasteiger partial charge in [0.15, 0.2) is 0 Å². The molecule has 0 radical (unpaired) electrons. The molecule has 14 heavy (non-hydrogen) atoms. The van der Waals surface area contributed by atoms with Crippen molar-refractivity contribution < 1.29 is 0 Å². The normalized spacial score (nSPS) is 26.9. The number of fused-ring (bicyclic) bond motifs is 2. The summed E-state index contributed by atoms with van der Waals surface area (Å²) >= 11 is 0. The first-order valence-electron chi connectivity index (χ1n) is 4.71. The van der Waals surface area contributed by atoms with Crippen molar-refractivity contribution in [3.05, 3.63) is 60.1 Å². The van der Waals surface area contributed by atoms with Crippen molar-refractivity contribution in [2.45, 2.75) is 0 Å². The number of rotatable bonds is 0. The molecule has 2 nitrogen and oxygen atoms in total. The third-order valence-electron chi connectivity index (χ3n) is 2.60. The fourth-order valence-corrected chi connectivity index (χ4v) is 1.90. The Morgan fingerprint density at radius 3 is 3.14 bits per heavy atom. The molecule has 1 aliphatic carbocycles. The SMILES string of the molecule is C1=CC2=C3C=CN=CN3C=CC2C=C1. The maximum atomic E-state index is 4.09. The van der Waals surface area contributed by atoms with Gasteiger partial charge in [-0.2, -0.15) is 0 Å². The molecular weight excluding hydrogens is 172 g/mol. The molecule has 68 valence electrons. The van der Waals surface area contributed by atoms with Crippen LogP contribution in [0, 0.1) is 5.92 Å². The fraction of sp³-hybridized carbons (Fsp3) is 0.0833. The fourth-order valence-electron chi connectivity index (χ4n) is 1.90. The van der Waals surface area contributed by atoms with Gasteiger partial charge in [-0.1, -0.05) is 30.4 Å². The summed E-state index contributed by atoms with van der Waals surface area (Å²) in [6, 6.07) is 0. The molecule has 0 saturated heterocycles. The minimum Gasteiger partial charge on any atom is -0.308 e. The summed E-state index contributed by atoms with van der Waals surface area (Å²) in [7, 11) is 0. The Hall–Kier alpha value is -1.83. The van der Waals surface area contributed by atoms with Crippen molar-refractivity contribution in [1.82, 2.24) is 4.90 Å². The molecule has 0 aromatic carbocycles. The molecule has 3 rings (SSSR count). The van der Waals surface area contributed by atoms with Gasteiger partial charge in [-0.15, -0.1) is 0 Å². The van der Waals surface area contributed by atoms with Crippen LogP contribution < -0.4 is 0 Å². The molecule has 0 spiro atoms. The van der Waals surface area contributed by atoms with Crippen molar-refractivity contribution in [3.63, 3.8) is 0 Å².